The third kappa shape index (κ3) is 3.10. The normalized spacial score (nSPS) is 14.8. The monoisotopic (exact) mass is 442 g/mol. The molecule has 0 aliphatic carbocycles. The fourth-order valence-electron chi connectivity index (χ4n) is 4.00. The van der Waals surface area contributed by atoms with Gasteiger partial charge in [-0.25, -0.2) is 0 Å². The molecule has 0 fully saturated rings. The first-order valence-electron chi connectivity index (χ1n) is 9.53. The highest BCUT2D eigenvalue weighted by Gasteiger charge is 2.29. The Labute approximate surface area is 178 Å². The number of hydrogen-bond acceptors (Lipinski definition) is 1. The number of para-hydroxylation sites is 2. The first-order valence-corrected chi connectivity index (χ1v) is 10.3. The van der Waals surface area contributed by atoms with Gasteiger partial charge in [-0.2, -0.15) is 0 Å². The van der Waals surface area contributed by atoms with Crippen molar-refractivity contribution in [2.24, 2.45) is 0 Å². The number of carbonyl (C=O) groups is 1. The molecule has 0 atom stereocenters. The number of rotatable bonds is 3. The molecule has 142 valence electrons. The van der Waals surface area contributed by atoms with Crippen LogP contribution in [0.4, 0.5) is 5.69 Å². The summed E-state index contributed by atoms with van der Waals surface area (Å²) in [6.07, 6.45) is 4.18. The van der Waals surface area contributed by atoms with E-state index in [-0.39, 0.29) is 5.91 Å². The van der Waals surface area contributed by atoms with Crippen molar-refractivity contribution in [3.63, 3.8) is 0 Å². The van der Waals surface area contributed by atoms with E-state index in [1.807, 2.05) is 43.5 Å². The lowest BCUT2D eigenvalue weighted by molar-refractivity contribution is -0.112. The molecule has 29 heavy (non-hydrogen) atoms. The second-order valence-electron chi connectivity index (χ2n) is 7.30. The number of nitrogens with zero attached hydrogens (tertiary/aromatic N) is 2. The maximum atomic E-state index is 12.9. The number of halogens is 1. The molecule has 2 heterocycles. The van der Waals surface area contributed by atoms with Gasteiger partial charge in [0.2, 0.25) is 0 Å². The average molecular weight is 443 g/mol. The summed E-state index contributed by atoms with van der Waals surface area (Å²) in [5.74, 6) is 0.0379. The highest BCUT2D eigenvalue weighted by Crippen LogP contribution is 2.37. The van der Waals surface area contributed by atoms with E-state index in [4.69, 9.17) is 0 Å². The fourth-order valence-corrected chi connectivity index (χ4v) is 4.27. The number of carbonyl (C=O) groups excluding carboxylic acids is 1. The lowest BCUT2D eigenvalue weighted by Gasteiger charge is -2.07. The van der Waals surface area contributed by atoms with E-state index >= 15 is 0 Å². The SMILES string of the molecule is CN1C(=O)C(=Cc2cn(Cc3ccc(Br)cc3)c3ccccc23)c2ccccc21. The van der Waals surface area contributed by atoms with Gasteiger partial charge in [0.1, 0.15) is 0 Å². The number of hydrogen-bond donors (Lipinski definition) is 0. The van der Waals surface area contributed by atoms with Crippen LogP contribution in [-0.4, -0.2) is 17.5 Å². The molecule has 0 saturated heterocycles. The molecule has 1 aromatic heterocycles. The third-order valence-electron chi connectivity index (χ3n) is 5.48. The Bertz CT molecular complexity index is 1270. The van der Waals surface area contributed by atoms with Gasteiger partial charge in [0.15, 0.2) is 0 Å². The minimum Gasteiger partial charge on any atom is -0.342 e. The number of aromatic nitrogens is 1. The molecule has 4 heteroatoms. The number of anilines is 1. The molecule has 0 spiro atoms. The Morgan fingerprint density at radius 2 is 1.66 bits per heavy atom. The smallest absolute Gasteiger partial charge is 0.258 e. The van der Waals surface area contributed by atoms with Gasteiger partial charge in [0, 0.05) is 51.9 Å². The Hall–Kier alpha value is -3.11. The van der Waals surface area contributed by atoms with Crippen LogP contribution < -0.4 is 4.90 Å². The zero-order chi connectivity index (χ0) is 20.0. The van der Waals surface area contributed by atoms with Crippen LogP contribution in [0.15, 0.2) is 83.5 Å². The summed E-state index contributed by atoms with van der Waals surface area (Å²) in [6, 6.07) is 24.7. The molecule has 1 amide bonds. The van der Waals surface area contributed by atoms with Crippen LogP contribution in [-0.2, 0) is 11.3 Å². The number of benzene rings is 3. The molecule has 1 aliphatic heterocycles. The molecule has 0 N–H and O–H groups in total. The summed E-state index contributed by atoms with van der Waals surface area (Å²) >= 11 is 3.50. The zero-order valence-electron chi connectivity index (χ0n) is 16.0. The molecule has 3 aromatic carbocycles. The van der Waals surface area contributed by atoms with Crippen molar-refractivity contribution >= 4 is 50.1 Å². The fraction of sp³-hybridized carbons (Fsp3) is 0.0800. The molecule has 0 bridgehead atoms. The summed E-state index contributed by atoms with van der Waals surface area (Å²) in [5, 5.41) is 1.15. The minimum absolute atomic E-state index is 0.0379. The Kier molecular flexibility index (Phi) is 4.36. The van der Waals surface area contributed by atoms with Gasteiger partial charge in [-0.3, -0.25) is 4.79 Å². The molecular weight excluding hydrogens is 424 g/mol. The quantitative estimate of drug-likeness (QED) is 0.358. The molecule has 1 aliphatic rings. The van der Waals surface area contributed by atoms with Crippen LogP contribution in [0.1, 0.15) is 16.7 Å². The number of amides is 1. The van der Waals surface area contributed by atoms with Crippen molar-refractivity contribution in [2.75, 3.05) is 11.9 Å². The summed E-state index contributed by atoms with van der Waals surface area (Å²) in [6.45, 7) is 0.779. The molecule has 0 unspecified atom stereocenters. The van der Waals surface area contributed by atoms with Crippen molar-refractivity contribution in [1.29, 1.82) is 0 Å². The first kappa shape index (κ1) is 18.0. The molecule has 0 saturated carbocycles. The van der Waals surface area contributed by atoms with E-state index in [1.165, 1.54) is 5.56 Å². The van der Waals surface area contributed by atoms with Crippen LogP contribution in [0.5, 0.6) is 0 Å². The largest absolute Gasteiger partial charge is 0.342 e. The summed E-state index contributed by atoms with van der Waals surface area (Å²) < 4.78 is 3.33. The molecule has 4 aromatic rings. The van der Waals surface area contributed by atoms with Crippen molar-refractivity contribution in [1.82, 2.24) is 4.57 Å². The van der Waals surface area contributed by atoms with Gasteiger partial charge in [0.25, 0.3) is 5.91 Å². The Balaban J connectivity index is 1.62. The van der Waals surface area contributed by atoms with Crippen LogP contribution in [0, 0.1) is 0 Å². The zero-order valence-corrected chi connectivity index (χ0v) is 17.6. The van der Waals surface area contributed by atoms with Crippen molar-refractivity contribution in [3.8, 4) is 0 Å². The minimum atomic E-state index is 0.0379. The highest BCUT2D eigenvalue weighted by atomic mass is 79.9. The van der Waals surface area contributed by atoms with Crippen molar-refractivity contribution in [2.45, 2.75) is 6.54 Å². The maximum Gasteiger partial charge on any atom is 0.258 e. The Morgan fingerprint density at radius 3 is 2.48 bits per heavy atom. The number of fused-ring (bicyclic) bond motifs is 2. The lowest BCUT2D eigenvalue weighted by Crippen LogP contribution is -2.20. The van der Waals surface area contributed by atoms with E-state index in [0.29, 0.717) is 0 Å². The van der Waals surface area contributed by atoms with Gasteiger partial charge >= 0.3 is 0 Å². The maximum absolute atomic E-state index is 12.9. The average Bonchev–Trinajstić information content (AvgIpc) is 3.21. The topological polar surface area (TPSA) is 25.2 Å². The molecular formula is C25H19BrN2O. The summed E-state index contributed by atoms with van der Waals surface area (Å²) in [5.41, 5.74) is 6.15. The van der Waals surface area contributed by atoms with Gasteiger partial charge in [0.05, 0.1) is 5.69 Å². The molecule has 5 rings (SSSR count). The molecule has 0 radical (unpaired) electrons. The van der Waals surface area contributed by atoms with E-state index in [9.17, 15) is 4.79 Å². The summed E-state index contributed by atoms with van der Waals surface area (Å²) in [7, 11) is 1.83. The van der Waals surface area contributed by atoms with E-state index in [0.717, 1.165) is 44.3 Å². The van der Waals surface area contributed by atoms with E-state index < -0.39 is 0 Å². The van der Waals surface area contributed by atoms with E-state index in [2.05, 4.69) is 69.2 Å². The predicted molar refractivity (Wildman–Crippen MR) is 123 cm³/mol. The van der Waals surface area contributed by atoms with Crippen molar-refractivity contribution < 1.29 is 4.79 Å². The van der Waals surface area contributed by atoms with Crippen LogP contribution >= 0.6 is 15.9 Å². The van der Waals surface area contributed by atoms with Crippen LogP contribution in [0.25, 0.3) is 22.6 Å². The standard InChI is InChI=1S/C25H19BrN2O/c1-27-23-8-4-3-7-21(23)22(25(27)29)14-18-16-28(24-9-5-2-6-20(18)24)15-17-10-12-19(26)13-11-17/h2-14,16H,15H2,1H3. The van der Waals surface area contributed by atoms with Crippen LogP contribution in [0.3, 0.4) is 0 Å². The van der Waals surface area contributed by atoms with E-state index in [1.54, 1.807) is 4.90 Å². The Morgan fingerprint density at radius 1 is 0.931 bits per heavy atom. The second kappa shape index (κ2) is 7.05. The van der Waals surface area contributed by atoms with Gasteiger partial charge < -0.3 is 9.47 Å². The third-order valence-corrected chi connectivity index (χ3v) is 6.00. The summed E-state index contributed by atoms with van der Waals surface area (Å²) in [4.78, 5) is 14.6. The second-order valence-corrected chi connectivity index (χ2v) is 8.21. The van der Waals surface area contributed by atoms with Gasteiger partial charge in [-0.05, 0) is 35.9 Å². The van der Waals surface area contributed by atoms with Gasteiger partial charge in [-0.15, -0.1) is 0 Å². The van der Waals surface area contributed by atoms with Crippen LogP contribution in [0.2, 0.25) is 0 Å². The van der Waals surface area contributed by atoms with Crippen molar-refractivity contribution in [3.05, 3.63) is 100 Å². The lowest BCUT2D eigenvalue weighted by atomic mass is 10.0. The highest BCUT2D eigenvalue weighted by molar-refractivity contribution is 9.10. The first-order chi connectivity index (χ1) is 14.1. The number of likely N-dealkylation sites (N-methyl/N-ethyl adjacent to an activating group) is 1. The predicted octanol–water partition coefficient (Wildman–Crippen LogP) is 5.97. The molecule has 3 nitrogen and oxygen atoms in total. The van der Waals surface area contributed by atoms with Gasteiger partial charge in [-0.1, -0.05) is 64.5 Å².